The number of H-pyrrole nitrogens is 1. The molecular formula is C100H93Cl3F3N7O16S2. The predicted octanol–water partition coefficient (Wildman–Crippen LogP) is 23.4. The molecule has 14 aromatic rings. The van der Waals surface area contributed by atoms with Crippen LogP contribution in [0.2, 0.25) is 15.1 Å². The molecular weight excluding hydrogens is 1780 g/mol. The molecule has 14 rings (SSSR count). The van der Waals surface area contributed by atoms with Gasteiger partial charge in [-0.2, -0.15) is 0 Å². The van der Waals surface area contributed by atoms with E-state index in [9.17, 15) is 70.5 Å². The molecule has 0 bridgehead atoms. The van der Waals surface area contributed by atoms with Gasteiger partial charge in [-0.05, 0) is 258 Å². The first-order chi connectivity index (χ1) is 62.5. The lowest BCUT2D eigenvalue weighted by Crippen LogP contribution is -2.26. The van der Waals surface area contributed by atoms with Crippen LogP contribution < -0.4 is 10.6 Å². The van der Waals surface area contributed by atoms with Gasteiger partial charge >= 0.3 is 17.9 Å². The fourth-order valence-electron chi connectivity index (χ4n) is 17.0. The lowest BCUT2D eigenvalue weighted by atomic mass is 9.75. The lowest BCUT2D eigenvalue weighted by molar-refractivity contribution is -0.385. The molecule has 23 nitrogen and oxygen atoms in total. The molecule has 0 fully saturated rings. The molecule has 0 unspecified atom stereocenters. The summed E-state index contributed by atoms with van der Waals surface area (Å²) < 4.78 is 109. The highest BCUT2D eigenvalue weighted by Crippen LogP contribution is 2.50. The largest absolute Gasteiger partial charge is 0.481 e. The minimum Gasteiger partial charge on any atom is -0.481 e. The molecule has 678 valence electrons. The molecule has 0 aliphatic carbocycles. The number of nitrogens with zero attached hydrogens (tertiary/aromatic N) is 4. The Kier molecular flexibility index (Phi) is 31.4. The molecule has 5 N–H and O–H groups in total. The third-order valence-corrected chi connectivity index (χ3v) is 27.2. The van der Waals surface area contributed by atoms with Crippen LogP contribution in [0.5, 0.6) is 0 Å². The number of hydrogen-bond donors (Lipinski definition) is 5. The van der Waals surface area contributed by atoms with E-state index in [0.717, 1.165) is 132 Å². The number of non-ortho nitro benzene ring substituents is 2. The van der Waals surface area contributed by atoms with E-state index >= 15 is 8.78 Å². The number of methoxy groups -OCH3 is 1. The van der Waals surface area contributed by atoms with Gasteiger partial charge in [-0.25, -0.2) is 42.7 Å². The summed E-state index contributed by atoms with van der Waals surface area (Å²) in [5.74, 6) is -6.38. The number of fused-ring (bicyclic) bond motifs is 3. The average Bonchev–Trinajstić information content (AvgIpc) is 1.58. The number of amides is 2. The maximum Gasteiger partial charge on any atom is 0.335 e. The number of carboxylic acid groups (broad SMARTS) is 2. The number of hydrogen-bond acceptors (Lipinski definition) is 14. The normalized spacial score (nSPS) is 12.9. The van der Waals surface area contributed by atoms with E-state index in [2.05, 4.69) is 27.3 Å². The molecule has 11 aromatic carbocycles. The van der Waals surface area contributed by atoms with E-state index in [4.69, 9.17) is 39.9 Å². The molecule has 0 saturated carbocycles. The second-order valence-corrected chi connectivity index (χ2v) is 36.8. The van der Waals surface area contributed by atoms with Gasteiger partial charge in [0.05, 0.1) is 50.7 Å². The number of ether oxygens (including phenoxy) is 1. The van der Waals surface area contributed by atoms with Crippen LogP contribution in [0, 0.1) is 58.5 Å². The van der Waals surface area contributed by atoms with Crippen molar-refractivity contribution in [2.75, 3.05) is 20.2 Å². The molecule has 3 aromatic heterocycles. The number of nitro groups is 2. The second kappa shape index (κ2) is 42.5. The van der Waals surface area contributed by atoms with Crippen LogP contribution in [-0.2, 0) is 34.4 Å². The highest BCUT2D eigenvalue weighted by Gasteiger charge is 2.37. The fourth-order valence-corrected chi connectivity index (χ4v) is 20.1. The molecule has 31 heteroatoms. The summed E-state index contributed by atoms with van der Waals surface area (Å²) in [4.78, 5) is 82.8. The van der Waals surface area contributed by atoms with Crippen LogP contribution in [0.3, 0.4) is 0 Å². The van der Waals surface area contributed by atoms with Gasteiger partial charge in [-0.3, -0.25) is 39.4 Å². The number of aliphatic carboxylic acids is 1. The number of aromatic carboxylic acids is 1. The highest BCUT2D eigenvalue weighted by atomic mass is 35.5. The Morgan fingerprint density at radius 1 is 0.443 bits per heavy atom. The number of benzene rings is 11. The number of aromatic nitrogens is 3. The molecule has 2 amide bonds. The van der Waals surface area contributed by atoms with Crippen LogP contribution in [0.4, 0.5) is 24.5 Å². The summed E-state index contributed by atoms with van der Waals surface area (Å²) in [5, 5.41) is 49.3. The highest BCUT2D eigenvalue weighted by molar-refractivity contribution is 7.90. The van der Waals surface area contributed by atoms with Crippen molar-refractivity contribution >= 4 is 129 Å². The smallest absolute Gasteiger partial charge is 0.335 e. The summed E-state index contributed by atoms with van der Waals surface area (Å²) >= 11 is 18.7. The van der Waals surface area contributed by atoms with Gasteiger partial charge in [0.1, 0.15) is 28.5 Å². The summed E-state index contributed by atoms with van der Waals surface area (Å²) in [6, 6.07) is 61.7. The molecule has 3 heterocycles. The van der Waals surface area contributed by atoms with Crippen LogP contribution in [0.1, 0.15) is 205 Å². The number of nitrogens with one attached hydrogen (secondary N) is 3. The van der Waals surface area contributed by atoms with Gasteiger partial charge in [-0.15, -0.1) is 0 Å². The van der Waals surface area contributed by atoms with Crippen molar-refractivity contribution in [1.82, 2.24) is 23.6 Å². The summed E-state index contributed by atoms with van der Waals surface area (Å²) in [6.45, 7) is 11.7. The molecule has 0 radical (unpaired) electrons. The lowest BCUT2D eigenvalue weighted by Gasteiger charge is -2.28. The zero-order valence-electron chi connectivity index (χ0n) is 72.2. The number of aryl methyl sites for hydroxylation is 3. The Balaban J connectivity index is 0.000000180. The van der Waals surface area contributed by atoms with Gasteiger partial charge < -0.3 is 30.6 Å². The van der Waals surface area contributed by atoms with Crippen LogP contribution in [0.25, 0.3) is 32.7 Å². The Bertz CT molecular complexity index is 6810. The van der Waals surface area contributed by atoms with Gasteiger partial charge in [0.2, 0.25) is 0 Å². The first kappa shape index (κ1) is 96.8. The number of aromatic amines is 1. The Labute approximate surface area is 769 Å². The van der Waals surface area contributed by atoms with E-state index < -0.39 is 71.3 Å². The molecule has 0 aliphatic heterocycles. The monoisotopic (exact) mass is 1870 g/mol. The van der Waals surface area contributed by atoms with Crippen molar-refractivity contribution in [3.63, 3.8) is 0 Å². The first-order valence-electron chi connectivity index (χ1n) is 42.1. The van der Waals surface area contributed by atoms with Crippen molar-refractivity contribution < 1.29 is 78.8 Å². The third kappa shape index (κ3) is 22.3. The van der Waals surface area contributed by atoms with Crippen molar-refractivity contribution in [3.05, 3.63) is 385 Å². The Hall–Kier alpha value is -13.3. The quantitative estimate of drug-likeness (QED) is 0.0145. The van der Waals surface area contributed by atoms with Crippen molar-refractivity contribution in [2.45, 2.75) is 138 Å². The van der Waals surface area contributed by atoms with Crippen LogP contribution in [-0.4, -0.2) is 99.7 Å². The molecule has 0 spiro atoms. The fraction of sp³-hybridized carbons (Fsp3) is 0.230. The molecule has 0 saturated heterocycles. The number of carboxylic acids is 2. The molecule has 0 aliphatic rings. The molecule has 131 heavy (non-hydrogen) atoms. The standard InChI is InChI=1S/C37H35ClFN3O7S.C33H28ClFN2O6S.C30H30ClFN2O3/c1-4-5-30(24-6-8-26(9-7-24)37(44)40-19-18-34(43)49-3)35(25-10-12-27(38)13-11-25)32-22-41(36-31(32)20-23(2)21-33(36)39)50(47,48)29-16-14-28(15-17-29)42(45)46;1-3-4-27(21-5-7-23(8-6-21)33(38)39)31(22-9-11-24(34)12-10-22)29-19-36(32-28(29)17-20(2)18-30(32)35)44(42,43)26-15-13-25(14-16-26)37(40)41;1-3-4-23(19-5-7-21(8-6-19)30(37)33-14-13-27(35)36)28(20-9-11-22(31)12-10-20)25-17-34-29-24(25)15-18(2)16-26(29)32/h6-17,20-22,30,35H,4-5,18-19H2,1-3H3,(H,40,44);5-19,27,31H,3-4H2,1-2H3,(H,38,39);5-12,15-17,23,28,34H,3-4,13-14H2,1-2H3,(H,33,37)(H,35,36)/t30-,35+;27-,31+;23-,28+/m111/s1. The van der Waals surface area contributed by atoms with E-state index in [0.29, 0.717) is 77.6 Å². The van der Waals surface area contributed by atoms with Crippen molar-refractivity contribution in [2.24, 2.45) is 0 Å². The predicted molar refractivity (Wildman–Crippen MR) is 500 cm³/mol. The average molecular weight is 1880 g/mol. The number of esters is 1. The number of halogens is 6. The van der Waals surface area contributed by atoms with Crippen molar-refractivity contribution in [1.29, 1.82) is 0 Å². The Morgan fingerprint density at radius 2 is 0.763 bits per heavy atom. The second-order valence-electron chi connectivity index (χ2n) is 31.9. The first-order valence-corrected chi connectivity index (χ1v) is 46.1. The SMILES string of the molecule is CCC[C@H](c1ccc(C(=O)NCCC(=O)O)cc1)[C@H](c1ccc(Cl)cc1)c1c[nH]c2c(F)cc(C)cc12.CCC[C@H](c1ccc(C(=O)NCCC(=O)OC)cc1)[C@H](c1ccc(Cl)cc1)c1cn(S(=O)(=O)c2ccc([N+](=O)[O-])cc2)c2c(F)cc(C)cc12.CCC[C@H](c1ccc(C(=O)O)cc1)[C@H](c1ccc(Cl)cc1)c1cn(S(=O)(=O)c2ccc([N+](=O)[O-])cc2)c2c(F)cc(C)cc12. The minimum atomic E-state index is -4.42. The number of rotatable bonds is 33. The van der Waals surface area contributed by atoms with Gasteiger partial charge in [0.25, 0.3) is 43.2 Å². The van der Waals surface area contributed by atoms with Gasteiger partial charge in [-0.1, -0.05) is 148 Å². The zero-order chi connectivity index (χ0) is 94.4. The van der Waals surface area contributed by atoms with E-state index in [1.807, 2.05) is 106 Å². The minimum absolute atomic E-state index is 0.0370. The number of nitro benzene ring substituents is 2. The van der Waals surface area contributed by atoms with Crippen LogP contribution >= 0.6 is 34.8 Å². The maximum atomic E-state index is 15.9. The van der Waals surface area contributed by atoms with E-state index in [1.54, 1.807) is 86.6 Å². The van der Waals surface area contributed by atoms with Gasteiger partial charge in [0.15, 0.2) is 0 Å². The summed E-state index contributed by atoms with van der Waals surface area (Å²) in [7, 11) is -7.54. The summed E-state index contributed by atoms with van der Waals surface area (Å²) in [5.41, 5.74) is 10.3. The van der Waals surface area contributed by atoms with Crippen LogP contribution in [0.15, 0.2) is 259 Å². The Morgan fingerprint density at radius 3 is 1.09 bits per heavy atom. The zero-order valence-corrected chi connectivity index (χ0v) is 76.1. The topological polar surface area (TPSA) is 339 Å². The van der Waals surface area contributed by atoms with Gasteiger partial charge in [0, 0.05) is 116 Å². The molecule has 6 atom stereocenters. The van der Waals surface area contributed by atoms with E-state index in [1.165, 1.54) is 49.8 Å². The number of carbonyl (C=O) groups is 5. The van der Waals surface area contributed by atoms with Crippen molar-refractivity contribution in [3.8, 4) is 0 Å². The third-order valence-electron chi connectivity index (χ3n) is 23.1. The summed E-state index contributed by atoms with van der Waals surface area (Å²) in [6.07, 6.45) is 9.28. The number of carbonyl (C=O) groups excluding carboxylic acids is 3. The van der Waals surface area contributed by atoms with E-state index in [-0.39, 0.29) is 105 Å². The maximum absolute atomic E-state index is 15.9.